The Hall–Kier alpha value is -3.13. The summed E-state index contributed by atoms with van der Waals surface area (Å²) in [5.74, 6) is 0.379. The van der Waals surface area contributed by atoms with Crippen LogP contribution in [0.3, 0.4) is 0 Å². The third-order valence-electron chi connectivity index (χ3n) is 5.54. The average Bonchev–Trinajstić information content (AvgIpc) is 3.41. The highest BCUT2D eigenvalue weighted by atomic mass is 16.5. The van der Waals surface area contributed by atoms with Gasteiger partial charge in [-0.3, -0.25) is 4.79 Å². The molecule has 0 saturated heterocycles. The Labute approximate surface area is 195 Å². The summed E-state index contributed by atoms with van der Waals surface area (Å²) in [6.07, 6.45) is 2.13. The molecule has 8 heteroatoms. The van der Waals surface area contributed by atoms with Crippen molar-refractivity contribution in [3.63, 3.8) is 0 Å². The van der Waals surface area contributed by atoms with E-state index in [9.17, 15) is 9.59 Å². The number of hydrazone groups is 1. The second-order valence-electron chi connectivity index (χ2n) is 9.41. The number of furan rings is 1. The largest absolute Gasteiger partial charge is 0.467 e. The molecule has 1 aliphatic rings. The van der Waals surface area contributed by atoms with Crippen molar-refractivity contribution in [2.45, 2.75) is 52.6 Å². The number of hydrogen-bond acceptors (Lipinski definition) is 5. The predicted molar refractivity (Wildman–Crippen MR) is 127 cm³/mol. The van der Waals surface area contributed by atoms with E-state index in [1.165, 1.54) is 21.0 Å². The zero-order chi connectivity index (χ0) is 24.2. The van der Waals surface area contributed by atoms with Crippen LogP contribution < -0.4 is 5.32 Å². The molecule has 2 heterocycles. The minimum absolute atomic E-state index is 0.119. The summed E-state index contributed by atoms with van der Waals surface area (Å²) < 4.78 is 10.8. The quantitative estimate of drug-likeness (QED) is 0.684. The van der Waals surface area contributed by atoms with Gasteiger partial charge in [0.05, 0.1) is 18.6 Å². The van der Waals surface area contributed by atoms with E-state index in [0.29, 0.717) is 18.8 Å². The van der Waals surface area contributed by atoms with Gasteiger partial charge in [-0.05, 0) is 69.5 Å². The number of nitrogens with zero attached hydrogens (tertiary/aromatic N) is 3. The lowest BCUT2D eigenvalue weighted by atomic mass is 9.99. The van der Waals surface area contributed by atoms with Gasteiger partial charge < -0.3 is 19.4 Å². The van der Waals surface area contributed by atoms with Crippen LogP contribution in [0, 0.1) is 13.8 Å². The predicted octanol–water partition coefficient (Wildman–Crippen LogP) is 4.03. The molecule has 0 spiro atoms. The maximum atomic E-state index is 13.4. The van der Waals surface area contributed by atoms with Gasteiger partial charge in [-0.15, -0.1) is 0 Å². The van der Waals surface area contributed by atoms with E-state index in [2.05, 4.69) is 36.4 Å². The fraction of sp³-hybridized carbons (Fsp3) is 0.480. The standard InChI is InChI=1S/C25H34N4O4/c1-17-9-10-19(14-18(17)2)20-15-21(22-8-7-12-33-22)29(27-20)23(30)16-28(11-13-32-6)24(31)26-25(3,4)5/h7-10,12,14,21H,11,13,15-16H2,1-6H3,(H,26,31). The second-order valence-corrected chi connectivity index (χ2v) is 9.41. The Morgan fingerprint density at radius 2 is 2.00 bits per heavy atom. The lowest BCUT2D eigenvalue weighted by Gasteiger charge is -2.29. The Morgan fingerprint density at radius 3 is 2.61 bits per heavy atom. The number of amides is 3. The molecule has 1 unspecified atom stereocenters. The van der Waals surface area contributed by atoms with E-state index in [0.717, 1.165) is 11.3 Å². The van der Waals surface area contributed by atoms with E-state index in [-0.39, 0.29) is 31.1 Å². The van der Waals surface area contributed by atoms with Crippen molar-refractivity contribution in [2.75, 3.05) is 26.8 Å². The summed E-state index contributed by atoms with van der Waals surface area (Å²) in [6, 6.07) is 9.13. The molecule has 1 aromatic heterocycles. The van der Waals surface area contributed by atoms with Gasteiger partial charge in [0, 0.05) is 25.6 Å². The van der Waals surface area contributed by atoms with Gasteiger partial charge in [0.15, 0.2) is 0 Å². The maximum absolute atomic E-state index is 13.4. The Bertz CT molecular complexity index is 1010. The number of methoxy groups -OCH3 is 1. The minimum Gasteiger partial charge on any atom is -0.467 e. The van der Waals surface area contributed by atoms with E-state index in [4.69, 9.17) is 9.15 Å². The van der Waals surface area contributed by atoms with E-state index < -0.39 is 5.54 Å². The molecule has 0 saturated carbocycles. The summed E-state index contributed by atoms with van der Waals surface area (Å²) in [5, 5.41) is 9.05. The Kier molecular flexibility index (Phi) is 7.58. The fourth-order valence-corrected chi connectivity index (χ4v) is 3.63. The SMILES string of the molecule is COCCN(CC(=O)N1N=C(c2ccc(C)c(C)c2)CC1c1ccco1)C(=O)NC(C)(C)C. The van der Waals surface area contributed by atoms with Gasteiger partial charge in [-0.1, -0.05) is 12.1 Å². The van der Waals surface area contributed by atoms with Crippen LogP contribution in [0.4, 0.5) is 4.79 Å². The van der Waals surface area contributed by atoms with Crippen LogP contribution in [-0.2, 0) is 9.53 Å². The molecule has 0 radical (unpaired) electrons. The number of ether oxygens (including phenoxy) is 1. The van der Waals surface area contributed by atoms with Gasteiger partial charge in [-0.25, -0.2) is 9.80 Å². The number of nitrogens with one attached hydrogen (secondary N) is 1. The van der Waals surface area contributed by atoms with Gasteiger partial charge in [0.1, 0.15) is 18.3 Å². The van der Waals surface area contributed by atoms with Gasteiger partial charge in [0.25, 0.3) is 5.91 Å². The molecule has 1 atom stereocenters. The number of rotatable bonds is 7. The highest BCUT2D eigenvalue weighted by Crippen LogP contribution is 2.33. The summed E-state index contributed by atoms with van der Waals surface area (Å²) >= 11 is 0. The summed E-state index contributed by atoms with van der Waals surface area (Å²) in [5.41, 5.74) is 3.73. The van der Waals surface area contributed by atoms with Crippen molar-refractivity contribution in [2.24, 2.45) is 5.10 Å². The molecule has 3 rings (SSSR count). The van der Waals surface area contributed by atoms with Crippen molar-refractivity contribution in [3.05, 3.63) is 59.0 Å². The molecule has 3 amide bonds. The van der Waals surface area contributed by atoms with Crippen LogP contribution in [-0.4, -0.2) is 59.9 Å². The van der Waals surface area contributed by atoms with Crippen molar-refractivity contribution < 1.29 is 18.7 Å². The number of aryl methyl sites for hydroxylation is 2. The molecular weight excluding hydrogens is 420 g/mol. The molecule has 0 bridgehead atoms. The number of carbonyl (C=O) groups excluding carboxylic acids is 2. The van der Waals surface area contributed by atoms with Crippen LogP contribution in [0.5, 0.6) is 0 Å². The molecule has 0 fully saturated rings. The van der Waals surface area contributed by atoms with Crippen LogP contribution in [0.1, 0.15) is 55.7 Å². The number of carbonyl (C=O) groups is 2. The zero-order valence-corrected chi connectivity index (χ0v) is 20.3. The Balaban J connectivity index is 1.86. The average molecular weight is 455 g/mol. The molecule has 178 valence electrons. The number of hydrogen-bond donors (Lipinski definition) is 1. The van der Waals surface area contributed by atoms with Crippen LogP contribution in [0.15, 0.2) is 46.1 Å². The van der Waals surface area contributed by atoms with E-state index in [1.807, 2.05) is 32.9 Å². The van der Waals surface area contributed by atoms with Gasteiger partial charge in [0.2, 0.25) is 0 Å². The van der Waals surface area contributed by atoms with Crippen LogP contribution >= 0.6 is 0 Å². The number of benzene rings is 1. The smallest absolute Gasteiger partial charge is 0.318 e. The molecule has 1 aliphatic heterocycles. The number of urea groups is 1. The first kappa shape index (κ1) is 24.5. The molecule has 1 N–H and O–H groups in total. The topological polar surface area (TPSA) is 87.4 Å². The van der Waals surface area contributed by atoms with Crippen molar-refractivity contribution in [1.29, 1.82) is 0 Å². The molecule has 0 aliphatic carbocycles. The van der Waals surface area contributed by atoms with Crippen LogP contribution in [0.25, 0.3) is 0 Å². The fourth-order valence-electron chi connectivity index (χ4n) is 3.63. The van der Waals surface area contributed by atoms with Gasteiger partial charge >= 0.3 is 6.03 Å². The molecular formula is C25H34N4O4. The molecule has 33 heavy (non-hydrogen) atoms. The van der Waals surface area contributed by atoms with Crippen molar-refractivity contribution in [3.8, 4) is 0 Å². The van der Waals surface area contributed by atoms with Gasteiger partial charge in [-0.2, -0.15) is 5.10 Å². The molecule has 8 nitrogen and oxygen atoms in total. The maximum Gasteiger partial charge on any atom is 0.318 e. The normalized spacial score (nSPS) is 16.0. The zero-order valence-electron chi connectivity index (χ0n) is 20.3. The summed E-state index contributed by atoms with van der Waals surface area (Å²) in [6.45, 7) is 10.3. The minimum atomic E-state index is -0.426. The second kappa shape index (κ2) is 10.2. The third kappa shape index (κ3) is 6.22. The monoisotopic (exact) mass is 454 g/mol. The molecule has 1 aromatic carbocycles. The first-order valence-electron chi connectivity index (χ1n) is 11.2. The van der Waals surface area contributed by atoms with Crippen molar-refractivity contribution in [1.82, 2.24) is 15.2 Å². The first-order valence-corrected chi connectivity index (χ1v) is 11.2. The lowest BCUT2D eigenvalue weighted by molar-refractivity contribution is -0.134. The lowest BCUT2D eigenvalue weighted by Crippen LogP contribution is -2.52. The van der Waals surface area contributed by atoms with E-state index in [1.54, 1.807) is 19.4 Å². The van der Waals surface area contributed by atoms with Crippen LogP contribution in [0.2, 0.25) is 0 Å². The van der Waals surface area contributed by atoms with E-state index >= 15 is 0 Å². The van der Waals surface area contributed by atoms with Crippen molar-refractivity contribution >= 4 is 17.6 Å². The highest BCUT2D eigenvalue weighted by Gasteiger charge is 2.36. The third-order valence-corrected chi connectivity index (χ3v) is 5.54. The summed E-state index contributed by atoms with van der Waals surface area (Å²) in [4.78, 5) is 27.7. The molecule has 2 aromatic rings. The first-order chi connectivity index (χ1) is 15.6. The highest BCUT2D eigenvalue weighted by molar-refractivity contribution is 6.03. The Morgan fingerprint density at radius 1 is 1.24 bits per heavy atom. The summed E-state index contributed by atoms with van der Waals surface area (Å²) in [7, 11) is 1.56.